The quantitative estimate of drug-likeness (QED) is 0.833. The van der Waals surface area contributed by atoms with E-state index in [2.05, 4.69) is 0 Å². The van der Waals surface area contributed by atoms with E-state index in [1.165, 1.54) is 37.3 Å². The third-order valence-electron chi connectivity index (χ3n) is 3.90. The topological polar surface area (TPSA) is 74.6 Å². The van der Waals surface area contributed by atoms with Crippen LogP contribution in [0.25, 0.3) is 0 Å². The lowest BCUT2D eigenvalue weighted by Crippen LogP contribution is -2.44. The first kappa shape index (κ1) is 14.2. The highest BCUT2D eigenvalue weighted by molar-refractivity contribution is 5.86. The molecule has 0 saturated heterocycles. The minimum atomic E-state index is -1.43. The zero-order valence-corrected chi connectivity index (χ0v) is 11.0. The molecule has 0 aliphatic heterocycles. The molecule has 2 unspecified atom stereocenters. The van der Waals surface area contributed by atoms with Crippen LogP contribution < -0.4 is 0 Å². The Morgan fingerprint density at radius 1 is 1.15 bits per heavy atom. The molecule has 20 heavy (non-hydrogen) atoms. The Balaban J connectivity index is 2.54. The van der Waals surface area contributed by atoms with E-state index in [1.807, 2.05) is 0 Å². The van der Waals surface area contributed by atoms with Crippen LogP contribution in [-0.4, -0.2) is 22.2 Å². The van der Waals surface area contributed by atoms with Crippen molar-refractivity contribution in [1.82, 2.24) is 0 Å². The lowest BCUT2D eigenvalue weighted by molar-refractivity contribution is -0.152. The van der Waals surface area contributed by atoms with Gasteiger partial charge in [-0.25, -0.2) is 4.39 Å². The maximum absolute atomic E-state index is 13.0. The van der Waals surface area contributed by atoms with E-state index in [9.17, 15) is 24.2 Å². The van der Waals surface area contributed by atoms with Gasteiger partial charge >= 0.3 is 11.9 Å². The molecule has 0 bridgehead atoms. The molecular weight excluding hydrogens is 263 g/mol. The zero-order valence-electron chi connectivity index (χ0n) is 11.0. The van der Waals surface area contributed by atoms with Gasteiger partial charge in [0.15, 0.2) is 0 Å². The van der Waals surface area contributed by atoms with Gasteiger partial charge in [-0.3, -0.25) is 9.59 Å². The summed E-state index contributed by atoms with van der Waals surface area (Å²) in [5.41, 5.74) is -2.20. The minimum absolute atomic E-state index is 0.0627. The summed E-state index contributed by atoms with van der Waals surface area (Å²) >= 11 is 0. The first-order chi connectivity index (χ1) is 9.30. The summed E-state index contributed by atoms with van der Waals surface area (Å²) in [5.74, 6) is -2.63. The van der Waals surface area contributed by atoms with Gasteiger partial charge in [0.2, 0.25) is 0 Å². The Bertz CT molecular complexity index is 578. The molecule has 2 rings (SSSR count). The number of carboxylic acids is 2. The SMILES string of the molecule is CC1(C(=O)O)CC=CC(C(=O)O)(c2ccc(F)cc2)C1. The molecule has 1 aromatic rings. The number of allylic oxidation sites excluding steroid dienone is 1. The maximum Gasteiger partial charge on any atom is 0.318 e. The predicted molar refractivity (Wildman–Crippen MR) is 69.8 cm³/mol. The van der Waals surface area contributed by atoms with E-state index in [0.29, 0.717) is 5.56 Å². The summed E-state index contributed by atoms with van der Waals surface area (Å²) in [4.78, 5) is 23.1. The van der Waals surface area contributed by atoms with Crippen molar-refractivity contribution in [2.75, 3.05) is 0 Å². The second-order valence-electron chi connectivity index (χ2n) is 5.43. The van der Waals surface area contributed by atoms with Crippen molar-refractivity contribution in [2.24, 2.45) is 5.41 Å². The fraction of sp³-hybridized carbons (Fsp3) is 0.333. The number of benzene rings is 1. The van der Waals surface area contributed by atoms with E-state index in [-0.39, 0.29) is 12.8 Å². The van der Waals surface area contributed by atoms with E-state index in [1.54, 1.807) is 6.08 Å². The molecule has 2 N–H and O–H groups in total. The van der Waals surface area contributed by atoms with Gasteiger partial charge in [-0.05, 0) is 37.5 Å². The molecule has 0 radical (unpaired) electrons. The third-order valence-corrected chi connectivity index (χ3v) is 3.90. The van der Waals surface area contributed by atoms with E-state index in [4.69, 9.17) is 0 Å². The molecule has 4 nitrogen and oxygen atoms in total. The van der Waals surface area contributed by atoms with Gasteiger partial charge in [0.25, 0.3) is 0 Å². The molecule has 0 amide bonds. The highest BCUT2D eigenvalue weighted by atomic mass is 19.1. The smallest absolute Gasteiger partial charge is 0.318 e. The Hall–Kier alpha value is -2.17. The zero-order chi connectivity index (χ0) is 15.0. The molecule has 0 spiro atoms. The van der Waals surface area contributed by atoms with Gasteiger partial charge in [-0.15, -0.1) is 0 Å². The van der Waals surface area contributed by atoms with Crippen molar-refractivity contribution >= 4 is 11.9 Å². The van der Waals surface area contributed by atoms with Crippen LogP contribution in [0, 0.1) is 11.2 Å². The van der Waals surface area contributed by atoms with Crippen LogP contribution >= 0.6 is 0 Å². The fourth-order valence-electron chi connectivity index (χ4n) is 2.65. The monoisotopic (exact) mass is 278 g/mol. The van der Waals surface area contributed by atoms with Crippen molar-refractivity contribution in [1.29, 1.82) is 0 Å². The fourth-order valence-corrected chi connectivity index (χ4v) is 2.65. The Morgan fingerprint density at radius 3 is 2.25 bits per heavy atom. The number of hydrogen-bond acceptors (Lipinski definition) is 2. The standard InChI is InChI=1S/C15H15FO4/c1-14(12(17)18)7-2-8-15(9-14,13(19)20)10-3-5-11(16)6-4-10/h2-6,8H,7,9H2,1H3,(H,17,18)(H,19,20). The summed E-state index contributed by atoms with van der Waals surface area (Å²) in [6.07, 6.45) is 3.30. The van der Waals surface area contributed by atoms with Crippen molar-refractivity contribution in [3.63, 3.8) is 0 Å². The Labute approximate surface area is 115 Å². The predicted octanol–water partition coefficient (Wildman–Crippen LogP) is 2.59. The largest absolute Gasteiger partial charge is 0.481 e. The molecule has 2 atom stereocenters. The second kappa shape index (κ2) is 4.74. The van der Waals surface area contributed by atoms with Gasteiger partial charge in [0.05, 0.1) is 5.41 Å². The van der Waals surface area contributed by atoms with Gasteiger partial charge in [-0.1, -0.05) is 24.3 Å². The molecule has 106 valence electrons. The van der Waals surface area contributed by atoms with E-state index >= 15 is 0 Å². The molecule has 1 aliphatic carbocycles. The maximum atomic E-state index is 13.0. The normalized spacial score (nSPS) is 29.1. The van der Waals surface area contributed by atoms with Crippen molar-refractivity contribution in [3.05, 3.63) is 47.8 Å². The number of hydrogen-bond donors (Lipinski definition) is 2. The molecule has 5 heteroatoms. The van der Waals surface area contributed by atoms with Gasteiger partial charge in [-0.2, -0.15) is 0 Å². The summed E-state index contributed by atoms with van der Waals surface area (Å²) in [7, 11) is 0. The van der Waals surface area contributed by atoms with Crippen molar-refractivity contribution in [2.45, 2.75) is 25.2 Å². The van der Waals surface area contributed by atoms with Crippen LogP contribution in [0.5, 0.6) is 0 Å². The van der Waals surface area contributed by atoms with Crippen molar-refractivity contribution in [3.8, 4) is 0 Å². The highest BCUT2D eigenvalue weighted by Gasteiger charge is 2.49. The molecule has 0 fully saturated rings. The number of halogens is 1. The molecule has 0 aromatic heterocycles. The average molecular weight is 278 g/mol. The van der Waals surface area contributed by atoms with Crippen molar-refractivity contribution < 1.29 is 24.2 Å². The number of aliphatic carboxylic acids is 2. The molecule has 0 saturated carbocycles. The lowest BCUT2D eigenvalue weighted by Gasteiger charge is -2.38. The van der Waals surface area contributed by atoms with Crippen LogP contribution in [0.4, 0.5) is 4.39 Å². The van der Waals surface area contributed by atoms with Crippen LogP contribution in [0.1, 0.15) is 25.3 Å². The van der Waals surface area contributed by atoms with Crippen LogP contribution in [-0.2, 0) is 15.0 Å². The summed E-state index contributed by atoms with van der Waals surface area (Å²) in [6.45, 7) is 1.53. The van der Waals surface area contributed by atoms with E-state index in [0.717, 1.165) is 0 Å². The second-order valence-corrected chi connectivity index (χ2v) is 5.43. The summed E-state index contributed by atoms with van der Waals surface area (Å²) in [5, 5.41) is 18.9. The number of carboxylic acid groups (broad SMARTS) is 2. The van der Waals surface area contributed by atoms with Crippen LogP contribution in [0.2, 0.25) is 0 Å². The Morgan fingerprint density at radius 2 is 1.75 bits per heavy atom. The van der Waals surface area contributed by atoms with Gasteiger partial charge < -0.3 is 10.2 Å². The molecule has 1 aliphatic rings. The number of rotatable bonds is 3. The van der Waals surface area contributed by atoms with Crippen LogP contribution in [0.15, 0.2) is 36.4 Å². The Kier molecular flexibility index (Phi) is 3.38. The average Bonchev–Trinajstić information content (AvgIpc) is 2.39. The summed E-state index contributed by atoms with van der Waals surface area (Å²) in [6, 6.07) is 5.14. The van der Waals surface area contributed by atoms with Crippen LogP contribution in [0.3, 0.4) is 0 Å². The first-order valence-electron chi connectivity index (χ1n) is 6.21. The minimum Gasteiger partial charge on any atom is -0.481 e. The first-order valence-corrected chi connectivity index (χ1v) is 6.21. The molecule has 0 heterocycles. The molecular formula is C15H15FO4. The van der Waals surface area contributed by atoms with E-state index < -0.39 is 28.6 Å². The summed E-state index contributed by atoms with van der Waals surface area (Å²) < 4.78 is 13.0. The number of carbonyl (C=O) groups is 2. The highest BCUT2D eigenvalue weighted by Crippen LogP contribution is 2.44. The molecule has 1 aromatic carbocycles. The van der Waals surface area contributed by atoms with Gasteiger partial charge in [0, 0.05) is 0 Å². The third kappa shape index (κ3) is 2.19. The lowest BCUT2D eigenvalue weighted by atomic mass is 9.63. The van der Waals surface area contributed by atoms with Gasteiger partial charge in [0.1, 0.15) is 11.2 Å².